The highest BCUT2D eigenvalue weighted by atomic mass is 16.5. The van der Waals surface area contributed by atoms with E-state index in [-0.39, 0.29) is 0 Å². The highest BCUT2D eigenvalue weighted by Crippen LogP contribution is 2.34. The van der Waals surface area contributed by atoms with Crippen molar-refractivity contribution < 1.29 is 14.2 Å². The van der Waals surface area contributed by atoms with E-state index in [0.29, 0.717) is 13.2 Å². The zero-order valence-electron chi connectivity index (χ0n) is 13.1. The summed E-state index contributed by atoms with van der Waals surface area (Å²) in [5, 5.41) is 0. The zero-order valence-corrected chi connectivity index (χ0v) is 13.1. The van der Waals surface area contributed by atoms with Gasteiger partial charge in [0, 0.05) is 25.3 Å². The van der Waals surface area contributed by atoms with Gasteiger partial charge >= 0.3 is 0 Å². The lowest BCUT2D eigenvalue weighted by molar-refractivity contribution is 0.179. The fraction of sp³-hybridized carbons (Fsp3) is 0.333. The predicted octanol–water partition coefficient (Wildman–Crippen LogP) is 4.39. The lowest BCUT2D eigenvalue weighted by Gasteiger charge is -2.17. The Bertz CT molecular complexity index is 552. The Morgan fingerprint density at radius 1 is 0.714 bits per heavy atom. The van der Waals surface area contributed by atoms with E-state index in [1.54, 1.807) is 14.2 Å². The first-order valence-electron chi connectivity index (χ1n) is 7.00. The number of hydrogen-bond acceptors (Lipinski definition) is 3. The van der Waals surface area contributed by atoms with E-state index >= 15 is 0 Å². The zero-order chi connectivity index (χ0) is 15.2. The first-order valence-corrected chi connectivity index (χ1v) is 7.00. The van der Waals surface area contributed by atoms with Crippen LogP contribution in [0, 0.1) is 13.8 Å². The summed E-state index contributed by atoms with van der Waals surface area (Å²) in [6, 6.07) is 12.2. The number of hydrogen-bond donors (Lipinski definition) is 0. The minimum Gasteiger partial charge on any atom is -0.456 e. The Kier molecular flexibility index (Phi) is 5.37. The van der Waals surface area contributed by atoms with Crippen LogP contribution in [0.4, 0.5) is 0 Å². The Hall–Kier alpha value is -1.84. The molecule has 0 unspecified atom stereocenters. The van der Waals surface area contributed by atoms with Crippen LogP contribution in [0.25, 0.3) is 0 Å². The van der Waals surface area contributed by atoms with Crippen LogP contribution in [-0.2, 0) is 22.7 Å². The highest BCUT2D eigenvalue weighted by Gasteiger charge is 2.13. The molecule has 0 aromatic heterocycles. The molecule has 2 aromatic rings. The van der Waals surface area contributed by atoms with Gasteiger partial charge in [-0.25, -0.2) is 0 Å². The van der Waals surface area contributed by atoms with Crippen LogP contribution >= 0.6 is 0 Å². The van der Waals surface area contributed by atoms with Crippen molar-refractivity contribution in [2.24, 2.45) is 0 Å². The molecule has 0 aliphatic heterocycles. The van der Waals surface area contributed by atoms with E-state index < -0.39 is 0 Å². The molecule has 0 saturated carbocycles. The molecule has 2 aromatic carbocycles. The number of methoxy groups -OCH3 is 2. The van der Waals surface area contributed by atoms with Crippen LogP contribution in [0.1, 0.15) is 22.3 Å². The second-order valence-electron chi connectivity index (χ2n) is 5.09. The number of aryl methyl sites for hydroxylation is 2. The van der Waals surface area contributed by atoms with Crippen molar-refractivity contribution in [1.82, 2.24) is 0 Å². The number of ether oxygens (including phenoxy) is 3. The minimum atomic E-state index is 0.530. The highest BCUT2D eigenvalue weighted by molar-refractivity contribution is 5.48. The smallest absolute Gasteiger partial charge is 0.135 e. The molecule has 21 heavy (non-hydrogen) atoms. The summed E-state index contributed by atoms with van der Waals surface area (Å²) >= 11 is 0. The van der Waals surface area contributed by atoms with Crippen molar-refractivity contribution in [1.29, 1.82) is 0 Å². The molecule has 0 spiro atoms. The van der Waals surface area contributed by atoms with Crippen LogP contribution in [-0.4, -0.2) is 14.2 Å². The molecule has 0 aliphatic carbocycles. The topological polar surface area (TPSA) is 27.7 Å². The van der Waals surface area contributed by atoms with Crippen LogP contribution in [0.15, 0.2) is 36.4 Å². The third kappa shape index (κ3) is 3.63. The molecule has 0 aliphatic rings. The van der Waals surface area contributed by atoms with Crippen LogP contribution < -0.4 is 4.74 Å². The quantitative estimate of drug-likeness (QED) is 0.788. The molecule has 0 atom stereocenters. The number of benzene rings is 2. The third-order valence-electron chi connectivity index (χ3n) is 3.39. The van der Waals surface area contributed by atoms with E-state index in [2.05, 4.69) is 0 Å². The lowest BCUT2D eigenvalue weighted by atomic mass is 10.1. The summed E-state index contributed by atoms with van der Waals surface area (Å²) in [4.78, 5) is 0. The Morgan fingerprint density at radius 3 is 1.52 bits per heavy atom. The van der Waals surface area contributed by atoms with Gasteiger partial charge in [0.05, 0.1) is 13.2 Å². The van der Waals surface area contributed by atoms with E-state index in [4.69, 9.17) is 14.2 Å². The van der Waals surface area contributed by atoms with E-state index in [1.165, 1.54) is 0 Å². The van der Waals surface area contributed by atoms with Gasteiger partial charge < -0.3 is 14.2 Å². The van der Waals surface area contributed by atoms with Gasteiger partial charge in [-0.3, -0.25) is 0 Å². The maximum atomic E-state index is 6.25. The summed E-state index contributed by atoms with van der Waals surface area (Å²) in [6.07, 6.45) is 0. The van der Waals surface area contributed by atoms with Crippen molar-refractivity contribution in [2.45, 2.75) is 27.1 Å². The van der Waals surface area contributed by atoms with E-state index in [1.807, 2.05) is 50.2 Å². The van der Waals surface area contributed by atoms with Crippen molar-refractivity contribution in [3.05, 3.63) is 58.7 Å². The normalized spacial score (nSPS) is 10.7. The van der Waals surface area contributed by atoms with Gasteiger partial charge in [0.15, 0.2) is 0 Å². The Morgan fingerprint density at radius 2 is 1.14 bits per heavy atom. The van der Waals surface area contributed by atoms with Gasteiger partial charge in [-0.1, -0.05) is 36.4 Å². The van der Waals surface area contributed by atoms with Crippen LogP contribution in [0.5, 0.6) is 11.5 Å². The molecule has 0 radical (unpaired) electrons. The average Bonchev–Trinajstić information content (AvgIpc) is 2.46. The summed E-state index contributed by atoms with van der Waals surface area (Å²) in [6.45, 7) is 5.15. The fourth-order valence-corrected chi connectivity index (χ4v) is 2.36. The van der Waals surface area contributed by atoms with Crippen molar-refractivity contribution in [3.8, 4) is 11.5 Å². The largest absolute Gasteiger partial charge is 0.456 e. The van der Waals surface area contributed by atoms with Gasteiger partial charge in [0.1, 0.15) is 11.5 Å². The van der Waals surface area contributed by atoms with Crippen molar-refractivity contribution in [3.63, 3.8) is 0 Å². The molecule has 3 nitrogen and oxygen atoms in total. The standard InChI is InChI=1S/C18H22O3/c1-13-7-5-9-15(11-19-3)17(13)21-18-14(2)8-6-10-16(18)12-20-4/h5-10H,11-12H2,1-4H3. The summed E-state index contributed by atoms with van der Waals surface area (Å²) in [5.74, 6) is 1.73. The second kappa shape index (κ2) is 7.25. The van der Waals surface area contributed by atoms with Gasteiger partial charge in [-0.05, 0) is 25.0 Å². The van der Waals surface area contributed by atoms with Gasteiger partial charge in [-0.15, -0.1) is 0 Å². The maximum absolute atomic E-state index is 6.25. The van der Waals surface area contributed by atoms with Crippen molar-refractivity contribution in [2.75, 3.05) is 14.2 Å². The SMILES string of the molecule is COCc1cccc(C)c1Oc1c(C)cccc1COC. The van der Waals surface area contributed by atoms with Crippen LogP contribution in [0.3, 0.4) is 0 Å². The Labute approximate surface area is 126 Å². The third-order valence-corrected chi connectivity index (χ3v) is 3.39. The molecule has 0 N–H and O–H groups in total. The molecule has 0 saturated heterocycles. The van der Waals surface area contributed by atoms with Gasteiger partial charge in [0.2, 0.25) is 0 Å². The minimum absolute atomic E-state index is 0.530. The summed E-state index contributed by atoms with van der Waals surface area (Å²) in [7, 11) is 3.38. The Balaban J connectivity index is 2.43. The first-order chi connectivity index (χ1) is 10.2. The van der Waals surface area contributed by atoms with E-state index in [9.17, 15) is 0 Å². The summed E-state index contributed by atoms with van der Waals surface area (Å²) < 4.78 is 16.8. The van der Waals surface area contributed by atoms with Crippen LogP contribution in [0.2, 0.25) is 0 Å². The fourth-order valence-electron chi connectivity index (χ4n) is 2.36. The molecule has 3 heteroatoms. The molecule has 0 fully saturated rings. The van der Waals surface area contributed by atoms with E-state index in [0.717, 1.165) is 33.8 Å². The predicted molar refractivity (Wildman–Crippen MR) is 83.9 cm³/mol. The second-order valence-corrected chi connectivity index (χ2v) is 5.09. The molecule has 0 heterocycles. The molecule has 112 valence electrons. The maximum Gasteiger partial charge on any atom is 0.135 e. The lowest BCUT2D eigenvalue weighted by Crippen LogP contribution is -2.00. The molecular formula is C18H22O3. The average molecular weight is 286 g/mol. The van der Waals surface area contributed by atoms with Gasteiger partial charge in [-0.2, -0.15) is 0 Å². The first kappa shape index (κ1) is 15.5. The van der Waals surface area contributed by atoms with Gasteiger partial charge in [0.25, 0.3) is 0 Å². The van der Waals surface area contributed by atoms with Crippen molar-refractivity contribution >= 4 is 0 Å². The molecule has 2 rings (SSSR count). The monoisotopic (exact) mass is 286 g/mol. The molecule has 0 bridgehead atoms. The molecular weight excluding hydrogens is 264 g/mol. The number of rotatable bonds is 6. The summed E-state index contributed by atoms with van der Waals surface area (Å²) in [5.41, 5.74) is 4.28. The number of para-hydroxylation sites is 2. The molecule has 0 amide bonds.